The number of hydrogen-bond donors (Lipinski definition) is 1. The summed E-state index contributed by atoms with van der Waals surface area (Å²) in [5.41, 5.74) is 1.32. The summed E-state index contributed by atoms with van der Waals surface area (Å²) in [4.78, 5) is 26.5. The number of aromatic nitrogens is 3. The van der Waals surface area contributed by atoms with E-state index in [4.69, 9.17) is 10.6 Å². The highest BCUT2D eigenvalue weighted by Crippen LogP contribution is 2.33. The molecule has 0 aromatic carbocycles. The smallest absolute Gasteiger partial charge is 0.293 e. The molecule has 7 heteroatoms. The summed E-state index contributed by atoms with van der Waals surface area (Å²) in [6, 6.07) is 3.42. The quantitative estimate of drug-likeness (QED) is 0.670. The van der Waals surface area contributed by atoms with Crippen LogP contribution in [0.25, 0.3) is 5.69 Å². The van der Waals surface area contributed by atoms with Crippen molar-refractivity contribution in [1.29, 1.82) is 0 Å². The lowest BCUT2D eigenvalue weighted by molar-refractivity contribution is -0.135. The first kappa shape index (κ1) is 14.4. The lowest BCUT2D eigenvalue weighted by atomic mass is 9.85. The summed E-state index contributed by atoms with van der Waals surface area (Å²) in [5, 5.41) is 0. The van der Waals surface area contributed by atoms with Gasteiger partial charge in [-0.2, -0.15) is 0 Å². The molecule has 1 aliphatic rings. The van der Waals surface area contributed by atoms with E-state index in [-0.39, 0.29) is 17.6 Å². The normalized spacial score (nSPS) is 21.5. The van der Waals surface area contributed by atoms with E-state index in [0.717, 1.165) is 37.1 Å². The van der Waals surface area contributed by atoms with Crippen LogP contribution in [-0.4, -0.2) is 26.8 Å². The van der Waals surface area contributed by atoms with Crippen LogP contribution >= 0.6 is 0 Å². The molecule has 0 atom stereocenters. The second-order valence-electron chi connectivity index (χ2n) is 5.52. The molecule has 3 rings (SSSR count). The van der Waals surface area contributed by atoms with Crippen molar-refractivity contribution in [1.82, 2.24) is 14.2 Å². The maximum Gasteiger partial charge on any atom is 0.293 e. The summed E-state index contributed by atoms with van der Waals surface area (Å²) >= 11 is 0. The van der Waals surface area contributed by atoms with Crippen LogP contribution in [0.3, 0.4) is 0 Å². The average molecular weight is 302 g/mol. The van der Waals surface area contributed by atoms with Gasteiger partial charge in [0.05, 0.1) is 12.0 Å². The molecule has 2 aromatic heterocycles. The highest BCUT2D eigenvalue weighted by Gasteiger charge is 2.25. The second kappa shape index (κ2) is 6.05. The Labute approximate surface area is 127 Å². The van der Waals surface area contributed by atoms with Crippen LogP contribution in [0.1, 0.15) is 37.3 Å². The highest BCUT2D eigenvalue weighted by atomic mass is 16.5. The molecule has 2 heterocycles. The molecule has 0 radical (unpaired) electrons. The molecule has 0 amide bonds. The van der Waals surface area contributed by atoms with Crippen LogP contribution in [0.15, 0.2) is 35.6 Å². The molecule has 2 N–H and O–H groups in total. The van der Waals surface area contributed by atoms with Crippen molar-refractivity contribution in [2.24, 2.45) is 0 Å². The van der Waals surface area contributed by atoms with Crippen molar-refractivity contribution >= 4 is 6.47 Å². The zero-order valence-electron chi connectivity index (χ0n) is 12.1. The minimum absolute atomic E-state index is 0.0245. The number of pyridine rings is 1. The molecule has 1 aliphatic carbocycles. The number of nitrogen functional groups attached to an aromatic ring is 1. The van der Waals surface area contributed by atoms with Crippen LogP contribution in [0.4, 0.5) is 0 Å². The SMILES string of the molecule is Nn1c(C2CCC(OC=O)CC2)cc(-n2ccnc2)cc1=O. The van der Waals surface area contributed by atoms with Crippen LogP contribution in [-0.2, 0) is 9.53 Å². The van der Waals surface area contributed by atoms with Gasteiger partial charge in [-0.15, -0.1) is 0 Å². The van der Waals surface area contributed by atoms with Crippen LogP contribution in [0.2, 0.25) is 0 Å². The third-order valence-corrected chi connectivity index (χ3v) is 4.23. The van der Waals surface area contributed by atoms with Gasteiger partial charge in [-0.25, -0.2) is 9.66 Å². The maximum atomic E-state index is 12.1. The van der Waals surface area contributed by atoms with Crippen molar-refractivity contribution < 1.29 is 9.53 Å². The topological polar surface area (TPSA) is 92.1 Å². The van der Waals surface area contributed by atoms with Crippen molar-refractivity contribution in [2.45, 2.75) is 37.7 Å². The van der Waals surface area contributed by atoms with Gasteiger partial charge in [0.15, 0.2) is 0 Å². The Morgan fingerprint density at radius 3 is 2.68 bits per heavy atom. The van der Waals surface area contributed by atoms with Gasteiger partial charge in [-0.1, -0.05) is 0 Å². The largest absolute Gasteiger partial charge is 0.465 e. The fraction of sp³-hybridized carbons (Fsp3) is 0.400. The molecule has 7 nitrogen and oxygen atoms in total. The molecule has 1 fully saturated rings. The minimum Gasteiger partial charge on any atom is -0.465 e. The highest BCUT2D eigenvalue weighted by molar-refractivity contribution is 5.37. The standard InChI is InChI=1S/C15H18N4O3/c16-19-14(11-1-3-13(4-2-11)22-10-20)7-12(8-15(19)21)18-6-5-17-9-18/h5-11,13H,1-4,16H2. The fourth-order valence-electron chi connectivity index (χ4n) is 3.03. The molecular weight excluding hydrogens is 284 g/mol. The van der Waals surface area contributed by atoms with Crippen LogP contribution < -0.4 is 11.4 Å². The summed E-state index contributed by atoms with van der Waals surface area (Å²) in [7, 11) is 0. The molecule has 0 saturated heterocycles. The number of nitrogens with zero attached hydrogens (tertiary/aromatic N) is 3. The maximum absolute atomic E-state index is 12.1. The Hall–Kier alpha value is -2.57. The Bertz CT molecular complexity index is 700. The molecule has 0 aliphatic heterocycles. The van der Waals surface area contributed by atoms with Crippen molar-refractivity contribution in [2.75, 3.05) is 5.84 Å². The van der Waals surface area contributed by atoms with Gasteiger partial charge in [0.2, 0.25) is 0 Å². The van der Waals surface area contributed by atoms with Gasteiger partial charge in [0.1, 0.15) is 6.10 Å². The first-order chi connectivity index (χ1) is 10.7. The van der Waals surface area contributed by atoms with Gasteiger partial charge >= 0.3 is 0 Å². The van der Waals surface area contributed by atoms with Crippen LogP contribution in [0.5, 0.6) is 0 Å². The van der Waals surface area contributed by atoms with E-state index in [1.165, 1.54) is 10.7 Å². The predicted octanol–water partition coefficient (Wildman–Crippen LogP) is 0.947. The van der Waals surface area contributed by atoms with E-state index in [9.17, 15) is 9.59 Å². The zero-order valence-corrected chi connectivity index (χ0v) is 12.1. The monoisotopic (exact) mass is 302 g/mol. The Morgan fingerprint density at radius 2 is 2.05 bits per heavy atom. The Balaban J connectivity index is 1.87. The van der Waals surface area contributed by atoms with Gasteiger partial charge in [-0.3, -0.25) is 9.59 Å². The second-order valence-corrected chi connectivity index (χ2v) is 5.52. The molecule has 2 aromatic rings. The first-order valence-corrected chi connectivity index (χ1v) is 7.28. The average Bonchev–Trinajstić information content (AvgIpc) is 3.05. The van der Waals surface area contributed by atoms with E-state index < -0.39 is 0 Å². The number of hydrogen-bond acceptors (Lipinski definition) is 5. The number of nitrogens with two attached hydrogens (primary N) is 1. The minimum atomic E-state index is -0.243. The van der Waals surface area contributed by atoms with Gasteiger partial charge in [-0.05, 0) is 31.7 Å². The predicted molar refractivity (Wildman–Crippen MR) is 80.1 cm³/mol. The van der Waals surface area contributed by atoms with Crippen molar-refractivity contribution in [3.05, 3.63) is 46.9 Å². The molecule has 1 saturated carbocycles. The Morgan fingerprint density at radius 1 is 1.27 bits per heavy atom. The number of imidazole rings is 1. The van der Waals surface area contributed by atoms with Crippen LogP contribution in [0, 0.1) is 0 Å². The first-order valence-electron chi connectivity index (χ1n) is 7.28. The number of ether oxygens (including phenoxy) is 1. The fourth-order valence-corrected chi connectivity index (χ4v) is 3.03. The zero-order chi connectivity index (χ0) is 15.5. The van der Waals surface area contributed by atoms with E-state index in [0.29, 0.717) is 6.47 Å². The molecule has 22 heavy (non-hydrogen) atoms. The molecular formula is C15H18N4O3. The van der Waals surface area contributed by atoms with Crippen molar-refractivity contribution in [3.8, 4) is 5.69 Å². The summed E-state index contributed by atoms with van der Waals surface area (Å²) in [6.45, 7) is 0.503. The lowest BCUT2D eigenvalue weighted by Gasteiger charge is -2.28. The van der Waals surface area contributed by atoms with E-state index in [1.807, 2.05) is 6.07 Å². The molecule has 0 bridgehead atoms. The summed E-state index contributed by atoms with van der Waals surface area (Å²) in [5.74, 6) is 6.11. The summed E-state index contributed by atoms with van der Waals surface area (Å²) in [6.07, 6.45) is 8.31. The molecule has 116 valence electrons. The van der Waals surface area contributed by atoms with Gasteiger partial charge in [0, 0.05) is 30.1 Å². The molecule has 0 unspecified atom stereocenters. The Kier molecular flexibility index (Phi) is 3.95. The third kappa shape index (κ3) is 2.74. The molecule has 0 spiro atoms. The van der Waals surface area contributed by atoms with Crippen molar-refractivity contribution in [3.63, 3.8) is 0 Å². The number of carbonyl (C=O) groups is 1. The third-order valence-electron chi connectivity index (χ3n) is 4.23. The van der Waals surface area contributed by atoms with E-state index >= 15 is 0 Å². The van der Waals surface area contributed by atoms with E-state index in [1.54, 1.807) is 23.3 Å². The van der Waals surface area contributed by atoms with E-state index in [2.05, 4.69) is 4.98 Å². The van der Waals surface area contributed by atoms with Gasteiger partial charge < -0.3 is 15.1 Å². The number of rotatable bonds is 4. The van der Waals surface area contributed by atoms with Gasteiger partial charge in [0.25, 0.3) is 12.0 Å². The number of carbonyl (C=O) groups excluding carboxylic acids is 1. The summed E-state index contributed by atoms with van der Waals surface area (Å²) < 4.78 is 8.01. The lowest BCUT2D eigenvalue weighted by Crippen LogP contribution is -2.33.